The van der Waals surface area contributed by atoms with Crippen LogP contribution in [0.3, 0.4) is 0 Å². The van der Waals surface area contributed by atoms with Crippen LogP contribution in [0.15, 0.2) is 53.4 Å². The van der Waals surface area contributed by atoms with Crippen molar-refractivity contribution in [2.75, 3.05) is 13.7 Å². The second-order valence-electron chi connectivity index (χ2n) is 6.37. The standard InChI is InChI=1S/C20H21N3O5S/c1-14-5-11-17(12-6-14)29(25,26)28-13-3-4-18-21-19(23-22-18)15-7-9-16(10-8-15)20(24)27-2/h5-12H,3-4,13H2,1-2H3,(H,21,22,23). The number of nitrogens with one attached hydrogen (secondary N) is 1. The smallest absolute Gasteiger partial charge is 0.337 e. The number of carbonyl (C=O) groups is 1. The summed E-state index contributed by atoms with van der Waals surface area (Å²) in [5.74, 6) is 0.700. The van der Waals surface area contributed by atoms with Gasteiger partial charge in [0.05, 0.1) is 24.2 Å². The van der Waals surface area contributed by atoms with Gasteiger partial charge < -0.3 is 4.74 Å². The van der Waals surface area contributed by atoms with E-state index in [1.165, 1.54) is 19.2 Å². The number of ether oxygens (including phenoxy) is 1. The van der Waals surface area contributed by atoms with Crippen molar-refractivity contribution in [3.63, 3.8) is 0 Å². The number of hydrogen-bond donors (Lipinski definition) is 1. The number of methoxy groups -OCH3 is 1. The summed E-state index contributed by atoms with van der Waals surface area (Å²) in [5, 5.41) is 6.98. The van der Waals surface area contributed by atoms with Gasteiger partial charge in [-0.25, -0.2) is 9.78 Å². The molecule has 1 aromatic heterocycles. The van der Waals surface area contributed by atoms with Crippen LogP contribution in [-0.2, 0) is 25.5 Å². The Kier molecular flexibility index (Phi) is 6.40. The lowest BCUT2D eigenvalue weighted by molar-refractivity contribution is 0.0600. The summed E-state index contributed by atoms with van der Waals surface area (Å²) < 4.78 is 34.0. The summed E-state index contributed by atoms with van der Waals surface area (Å²) in [7, 11) is -2.44. The molecule has 0 saturated carbocycles. The van der Waals surface area contributed by atoms with Gasteiger partial charge in [0.1, 0.15) is 5.82 Å². The van der Waals surface area contributed by atoms with Gasteiger partial charge in [0.25, 0.3) is 10.1 Å². The molecule has 0 aliphatic heterocycles. The number of rotatable bonds is 8. The van der Waals surface area contributed by atoms with E-state index in [1.807, 2.05) is 6.92 Å². The highest BCUT2D eigenvalue weighted by atomic mass is 32.2. The highest BCUT2D eigenvalue weighted by Gasteiger charge is 2.15. The second-order valence-corrected chi connectivity index (χ2v) is 7.98. The molecule has 3 aromatic rings. The zero-order valence-corrected chi connectivity index (χ0v) is 16.9. The first-order chi connectivity index (χ1) is 13.9. The molecule has 8 nitrogen and oxygen atoms in total. The van der Waals surface area contributed by atoms with Crippen molar-refractivity contribution in [2.45, 2.75) is 24.7 Å². The van der Waals surface area contributed by atoms with Crippen molar-refractivity contribution in [1.82, 2.24) is 15.2 Å². The fourth-order valence-corrected chi connectivity index (χ4v) is 3.53. The molecule has 3 rings (SSSR count). The molecular weight excluding hydrogens is 394 g/mol. The minimum absolute atomic E-state index is 0.0417. The molecule has 0 amide bonds. The molecule has 0 bridgehead atoms. The molecular formula is C20H21N3O5S. The third kappa shape index (κ3) is 5.27. The molecule has 0 saturated heterocycles. The van der Waals surface area contributed by atoms with Crippen LogP contribution in [0.2, 0.25) is 0 Å². The average molecular weight is 415 g/mol. The Morgan fingerprint density at radius 3 is 2.41 bits per heavy atom. The molecule has 0 aliphatic rings. The SMILES string of the molecule is COC(=O)c1ccc(-c2n[nH]c(CCCOS(=O)(=O)c3ccc(C)cc3)n2)cc1. The summed E-state index contributed by atoms with van der Waals surface area (Å²) in [6.45, 7) is 1.93. The van der Waals surface area contributed by atoms with E-state index in [4.69, 9.17) is 4.18 Å². The van der Waals surface area contributed by atoms with Crippen molar-refractivity contribution < 1.29 is 22.1 Å². The largest absolute Gasteiger partial charge is 0.465 e. The molecule has 1 N–H and O–H groups in total. The first kappa shape index (κ1) is 20.7. The van der Waals surface area contributed by atoms with E-state index in [9.17, 15) is 13.2 Å². The molecule has 2 aromatic carbocycles. The molecule has 9 heteroatoms. The Morgan fingerprint density at radius 2 is 1.76 bits per heavy atom. The van der Waals surface area contributed by atoms with E-state index in [2.05, 4.69) is 19.9 Å². The highest BCUT2D eigenvalue weighted by molar-refractivity contribution is 7.86. The Hall–Kier alpha value is -3.04. The third-order valence-electron chi connectivity index (χ3n) is 4.20. The monoisotopic (exact) mass is 415 g/mol. The molecule has 0 fully saturated rings. The van der Waals surface area contributed by atoms with Gasteiger partial charge >= 0.3 is 5.97 Å². The maximum atomic E-state index is 12.2. The van der Waals surface area contributed by atoms with Gasteiger partial charge in [-0.3, -0.25) is 9.28 Å². The minimum atomic E-state index is -3.77. The number of aromatic nitrogens is 3. The van der Waals surface area contributed by atoms with E-state index in [1.54, 1.807) is 36.4 Å². The predicted molar refractivity (Wildman–Crippen MR) is 106 cm³/mol. The van der Waals surface area contributed by atoms with Gasteiger partial charge in [0, 0.05) is 12.0 Å². The van der Waals surface area contributed by atoms with Crippen LogP contribution in [-0.4, -0.2) is 43.3 Å². The number of aryl methyl sites for hydroxylation is 2. The van der Waals surface area contributed by atoms with Crippen molar-refractivity contribution in [3.05, 3.63) is 65.5 Å². The molecule has 0 radical (unpaired) electrons. The molecule has 0 spiro atoms. The quantitative estimate of drug-likeness (QED) is 0.342. The van der Waals surface area contributed by atoms with Crippen LogP contribution in [0.25, 0.3) is 11.4 Å². The zero-order chi connectivity index (χ0) is 20.9. The minimum Gasteiger partial charge on any atom is -0.465 e. The summed E-state index contributed by atoms with van der Waals surface area (Å²) >= 11 is 0. The number of nitrogens with zero attached hydrogens (tertiary/aromatic N) is 2. The number of esters is 1. The van der Waals surface area contributed by atoms with Crippen LogP contribution < -0.4 is 0 Å². The Morgan fingerprint density at radius 1 is 1.07 bits per heavy atom. The predicted octanol–water partition coefficient (Wildman–Crippen LogP) is 2.90. The van der Waals surface area contributed by atoms with Crippen LogP contribution >= 0.6 is 0 Å². The molecule has 152 valence electrons. The molecule has 0 aliphatic carbocycles. The number of benzene rings is 2. The topological polar surface area (TPSA) is 111 Å². The molecule has 29 heavy (non-hydrogen) atoms. The molecule has 0 unspecified atom stereocenters. The van der Waals surface area contributed by atoms with Gasteiger partial charge in [-0.15, -0.1) is 0 Å². The first-order valence-electron chi connectivity index (χ1n) is 8.95. The lowest BCUT2D eigenvalue weighted by Crippen LogP contribution is -2.08. The van der Waals surface area contributed by atoms with Gasteiger partial charge in [0.2, 0.25) is 0 Å². The Balaban J connectivity index is 1.53. The van der Waals surface area contributed by atoms with Crippen molar-refractivity contribution in [2.24, 2.45) is 0 Å². The zero-order valence-electron chi connectivity index (χ0n) is 16.1. The fourth-order valence-electron chi connectivity index (χ4n) is 2.59. The van der Waals surface area contributed by atoms with Crippen LogP contribution in [0.4, 0.5) is 0 Å². The number of H-pyrrole nitrogens is 1. The molecule has 1 heterocycles. The van der Waals surface area contributed by atoms with Crippen molar-refractivity contribution in [1.29, 1.82) is 0 Å². The van der Waals surface area contributed by atoms with Crippen LogP contribution in [0.5, 0.6) is 0 Å². The van der Waals surface area contributed by atoms with Gasteiger partial charge in [-0.2, -0.15) is 13.5 Å². The summed E-state index contributed by atoms with van der Waals surface area (Å²) in [6, 6.07) is 13.3. The summed E-state index contributed by atoms with van der Waals surface area (Å²) in [4.78, 5) is 16.0. The first-order valence-corrected chi connectivity index (χ1v) is 10.4. The average Bonchev–Trinajstić information content (AvgIpc) is 3.20. The van der Waals surface area contributed by atoms with E-state index in [-0.39, 0.29) is 11.5 Å². The highest BCUT2D eigenvalue weighted by Crippen LogP contribution is 2.17. The molecule has 0 atom stereocenters. The Bertz CT molecular complexity index is 1070. The van der Waals surface area contributed by atoms with E-state index < -0.39 is 16.1 Å². The number of hydrogen-bond acceptors (Lipinski definition) is 7. The van der Waals surface area contributed by atoms with Gasteiger partial charge in [-0.1, -0.05) is 29.8 Å². The van der Waals surface area contributed by atoms with Crippen LogP contribution in [0, 0.1) is 6.92 Å². The Labute approximate surface area is 169 Å². The fraction of sp³-hybridized carbons (Fsp3) is 0.250. The van der Waals surface area contributed by atoms with Gasteiger partial charge in [0.15, 0.2) is 5.82 Å². The van der Waals surface area contributed by atoms with Crippen molar-refractivity contribution >= 4 is 16.1 Å². The van der Waals surface area contributed by atoms with E-state index in [0.717, 1.165) is 11.1 Å². The maximum Gasteiger partial charge on any atom is 0.337 e. The summed E-state index contributed by atoms with van der Waals surface area (Å²) in [6.07, 6.45) is 0.942. The maximum absolute atomic E-state index is 12.2. The van der Waals surface area contributed by atoms with Gasteiger partial charge in [-0.05, 0) is 37.6 Å². The third-order valence-corrected chi connectivity index (χ3v) is 5.53. The van der Waals surface area contributed by atoms with E-state index >= 15 is 0 Å². The number of aromatic amines is 1. The van der Waals surface area contributed by atoms with E-state index in [0.29, 0.717) is 30.1 Å². The van der Waals surface area contributed by atoms with Crippen LogP contribution in [0.1, 0.15) is 28.2 Å². The second kappa shape index (κ2) is 8.97. The number of carbonyl (C=O) groups excluding carboxylic acids is 1. The normalized spacial score (nSPS) is 11.4. The van der Waals surface area contributed by atoms with Crippen molar-refractivity contribution in [3.8, 4) is 11.4 Å². The lowest BCUT2D eigenvalue weighted by Gasteiger charge is -2.05. The lowest BCUT2D eigenvalue weighted by atomic mass is 10.1. The summed E-state index contributed by atoms with van der Waals surface area (Å²) in [5.41, 5.74) is 2.17.